The Morgan fingerprint density at radius 1 is 1.11 bits per heavy atom. The Morgan fingerprint density at radius 2 is 1.96 bits per heavy atom. The van der Waals surface area contributed by atoms with Gasteiger partial charge in [0.2, 0.25) is 5.12 Å². The highest BCUT2D eigenvalue weighted by atomic mass is 32.2. The van der Waals surface area contributed by atoms with Gasteiger partial charge in [-0.05, 0) is 36.8 Å². The Labute approximate surface area is 158 Å². The second-order valence-corrected chi connectivity index (χ2v) is 6.76. The molecule has 7 heteroatoms. The van der Waals surface area contributed by atoms with Gasteiger partial charge in [0.05, 0.1) is 6.61 Å². The average molecular weight is 381 g/mol. The monoisotopic (exact) mass is 381 g/mol. The predicted molar refractivity (Wildman–Crippen MR) is 102 cm³/mol. The lowest BCUT2D eigenvalue weighted by atomic mass is 10.2. The molecule has 0 spiro atoms. The van der Waals surface area contributed by atoms with E-state index >= 15 is 0 Å². The third-order valence-electron chi connectivity index (χ3n) is 3.85. The van der Waals surface area contributed by atoms with E-state index in [0.717, 1.165) is 18.2 Å². The van der Waals surface area contributed by atoms with Crippen LogP contribution in [0.15, 0.2) is 67.4 Å². The molecule has 0 saturated heterocycles. The van der Waals surface area contributed by atoms with Gasteiger partial charge in [0.1, 0.15) is 22.4 Å². The molecule has 2 aromatic heterocycles. The SMILES string of the molecule is CCCOc1ccc2cc(C(=O)Sc3nc4ccccc4o3)c(=O)oc2c1. The van der Waals surface area contributed by atoms with E-state index in [2.05, 4.69) is 4.98 Å². The Kier molecular flexibility index (Phi) is 4.68. The van der Waals surface area contributed by atoms with Crippen LogP contribution < -0.4 is 10.4 Å². The van der Waals surface area contributed by atoms with Crippen molar-refractivity contribution in [3.63, 3.8) is 0 Å². The van der Waals surface area contributed by atoms with E-state index in [0.29, 0.717) is 34.4 Å². The van der Waals surface area contributed by atoms with Crippen LogP contribution in [0, 0.1) is 0 Å². The molecule has 6 nitrogen and oxygen atoms in total. The average Bonchev–Trinajstić information content (AvgIpc) is 3.07. The van der Waals surface area contributed by atoms with Gasteiger partial charge in [-0.25, -0.2) is 9.78 Å². The number of ether oxygens (including phenoxy) is 1. The Balaban J connectivity index is 1.62. The summed E-state index contributed by atoms with van der Waals surface area (Å²) in [5.41, 5.74) is 0.841. The number of carbonyl (C=O) groups is 1. The number of fused-ring (bicyclic) bond motifs is 2. The van der Waals surface area contributed by atoms with Crippen LogP contribution in [0.4, 0.5) is 0 Å². The van der Waals surface area contributed by atoms with Crippen molar-refractivity contribution >= 4 is 38.9 Å². The molecular formula is C20H15NO5S. The lowest BCUT2D eigenvalue weighted by molar-refractivity contribution is 0.108. The number of benzene rings is 2. The molecule has 27 heavy (non-hydrogen) atoms. The smallest absolute Gasteiger partial charge is 0.348 e. The van der Waals surface area contributed by atoms with Gasteiger partial charge in [0, 0.05) is 23.2 Å². The van der Waals surface area contributed by atoms with E-state index in [1.807, 2.05) is 19.1 Å². The minimum Gasteiger partial charge on any atom is -0.493 e. The summed E-state index contributed by atoms with van der Waals surface area (Å²) in [6.45, 7) is 2.58. The Hall–Kier alpha value is -3.06. The number of hydrogen-bond acceptors (Lipinski definition) is 7. The number of nitrogens with zero attached hydrogens (tertiary/aromatic N) is 1. The fourth-order valence-electron chi connectivity index (χ4n) is 2.57. The molecule has 0 bridgehead atoms. The molecule has 0 aliphatic rings. The number of rotatable bonds is 5. The van der Waals surface area contributed by atoms with Crippen molar-refractivity contribution < 1.29 is 18.4 Å². The summed E-state index contributed by atoms with van der Waals surface area (Å²) in [4.78, 5) is 29.0. The molecule has 0 amide bonds. The Bertz CT molecular complexity index is 1160. The number of oxazole rings is 1. The number of hydrogen-bond donors (Lipinski definition) is 0. The fourth-order valence-corrected chi connectivity index (χ4v) is 3.26. The number of para-hydroxylation sites is 2. The van der Waals surface area contributed by atoms with Crippen molar-refractivity contribution in [2.24, 2.45) is 0 Å². The lowest BCUT2D eigenvalue weighted by Gasteiger charge is -2.05. The maximum absolute atomic E-state index is 12.5. The van der Waals surface area contributed by atoms with Crippen molar-refractivity contribution in [1.29, 1.82) is 0 Å². The van der Waals surface area contributed by atoms with Crippen molar-refractivity contribution in [2.75, 3.05) is 6.61 Å². The highest BCUT2D eigenvalue weighted by molar-refractivity contribution is 8.14. The summed E-state index contributed by atoms with van der Waals surface area (Å²) < 4.78 is 16.4. The zero-order chi connectivity index (χ0) is 18.8. The van der Waals surface area contributed by atoms with E-state index in [9.17, 15) is 9.59 Å². The number of aromatic nitrogens is 1. The van der Waals surface area contributed by atoms with Crippen LogP contribution in [0.2, 0.25) is 0 Å². The summed E-state index contributed by atoms with van der Waals surface area (Å²) in [6.07, 6.45) is 0.877. The minimum absolute atomic E-state index is 0.0583. The second-order valence-electron chi connectivity index (χ2n) is 5.83. The maximum Gasteiger partial charge on any atom is 0.348 e. The van der Waals surface area contributed by atoms with Gasteiger partial charge < -0.3 is 13.6 Å². The van der Waals surface area contributed by atoms with Crippen LogP contribution in [0.5, 0.6) is 5.75 Å². The predicted octanol–water partition coefficient (Wildman–Crippen LogP) is 4.66. The standard InChI is InChI=1S/C20H15NO5S/c1-2-9-24-13-8-7-12-10-14(18(22)25-17(12)11-13)19(23)27-20-21-15-5-3-4-6-16(15)26-20/h3-8,10-11H,2,9H2,1H3. The quantitative estimate of drug-likeness (QED) is 0.367. The van der Waals surface area contributed by atoms with Crippen LogP contribution in [-0.2, 0) is 0 Å². The Morgan fingerprint density at radius 3 is 2.78 bits per heavy atom. The molecule has 0 aliphatic heterocycles. The third-order valence-corrected chi connectivity index (χ3v) is 4.61. The molecular weight excluding hydrogens is 366 g/mol. The summed E-state index contributed by atoms with van der Waals surface area (Å²) in [6, 6.07) is 13.9. The van der Waals surface area contributed by atoms with Gasteiger partial charge in [-0.2, -0.15) is 0 Å². The lowest BCUT2D eigenvalue weighted by Crippen LogP contribution is -2.11. The van der Waals surface area contributed by atoms with Gasteiger partial charge >= 0.3 is 5.63 Å². The molecule has 0 atom stereocenters. The van der Waals surface area contributed by atoms with Crippen LogP contribution >= 0.6 is 11.8 Å². The van der Waals surface area contributed by atoms with E-state index < -0.39 is 10.7 Å². The summed E-state index contributed by atoms with van der Waals surface area (Å²) in [5.74, 6) is 0.618. The van der Waals surface area contributed by atoms with Gasteiger partial charge in [0.25, 0.3) is 5.22 Å². The van der Waals surface area contributed by atoms with Crippen LogP contribution in [0.25, 0.3) is 22.1 Å². The fraction of sp³-hybridized carbons (Fsp3) is 0.150. The molecule has 4 aromatic rings. The summed E-state index contributed by atoms with van der Waals surface area (Å²) >= 11 is 0.758. The van der Waals surface area contributed by atoms with E-state index in [4.69, 9.17) is 13.6 Å². The molecule has 0 unspecified atom stereocenters. The van der Waals surface area contributed by atoms with Crippen LogP contribution in [-0.4, -0.2) is 16.7 Å². The van der Waals surface area contributed by atoms with E-state index in [1.165, 1.54) is 6.07 Å². The summed E-state index contributed by atoms with van der Waals surface area (Å²) in [7, 11) is 0. The minimum atomic E-state index is -0.705. The molecule has 0 radical (unpaired) electrons. The van der Waals surface area contributed by atoms with E-state index in [-0.39, 0.29) is 10.8 Å². The molecule has 0 aliphatic carbocycles. The van der Waals surface area contributed by atoms with Gasteiger partial charge in [-0.15, -0.1) is 0 Å². The van der Waals surface area contributed by atoms with E-state index in [1.54, 1.807) is 30.3 Å². The highest BCUT2D eigenvalue weighted by Gasteiger charge is 2.18. The first kappa shape index (κ1) is 17.4. The number of thioether (sulfide) groups is 1. The topological polar surface area (TPSA) is 82.5 Å². The highest BCUT2D eigenvalue weighted by Crippen LogP contribution is 2.27. The first-order valence-corrected chi connectivity index (χ1v) is 9.24. The van der Waals surface area contributed by atoms with Gasteiger partial charge in [-0.3, -0.25) is 4.79 Å². The van der Waals surface area contributed by atoms with Gasteiger partial charge in [0.15, 0.2) is 5.58 Å². The molecule has 0 saturated carbocycles. The zero-order valence-electron chi connectivity index (χ0n) is 14.4. The third kappa shape index (κ3) is 3.59. The first-order valence-electron chi connectivity index (χ1n) is 8.42. The molecule has 0 N–H and O–H groups in total. The largest absolute Gasteiger partial charge is 0.493 e. The maximum atomic E-state index is 12.5. The molecule has 2 aromatic carbocycles. The van der Waals surface area contributed by atoms with Gasteiger partial charge in [-0.1, -0.05) is 19.1 Å². The number of carbonyl (C=O) groups excluding carboxylic acids is 1. The van der Waals surface area contributed by atoms with Crippen molar-refractivity contribution in [3.05, 3.63) is 64.5 Å². The molecule has 0 fully saturated rings. The van der Waals surface area contributed by atoms with Crippen LogP contribution in [0.1, 0.15) is 23.7 Å². The van der Waals surface area contributed by atoms with Crippen LogP contribution in [0.3, 0.4) is 0 Å². The second kappa shape index (κ2) is 7.28. The van der Waals surface area contributed by atoms with Crippen molar-refractivity contribution in [1.82, 2.24) is 4.98 Å². The molecule has 2 heterocycles. The zero-order valence-corrected chi connectivity index (χ0v) is 15.2. The molecule has 4 rings (SSSR count). The van der Waals surface area contributed by atoms with Crippen molar-refractivity contribution in [2.45, 2.75) is 18.6 Å². The summed E-state index contributed by atoms with van der Waals surface area (Å²) in [5, 5.41) is 0.340. The normalized spacial score (nSPS) is 11.1. The first-order chi connectivity index (χ1) is 13.1. The molecule has 136 valence electrons. The van der Waals surface area contributed by atoms with Crippen molar-refractivity contribution in [3.8, 4) is 5.75 Å².